The second-order valence-electron chi connectivity index (χ2n) is 6.75. The number of anilines is 3. The summed E-state index contributed by atoms with van der Waals surface area (Å²) in [5, 5.41) is 15.9. The lowest BCUT2D eigenvalue weighted by Gasteiger charge is -2.20. The van der Waals surface area contributed by atoms with Crippen LogP contribution in [0.4, 0.5) is 21.7 Å². The maximum atomic E-state index is 14.7. The van der Waals surface area contributed by atoms with Gasteiger partial charge in [0.25, 0.3) is 0 Å². The zero-order valence-corrected chi connectivity index (χ0v) is 17.7. The molecular weight excluding hydrogens is 401 g/mol. The Hall–Kier alpha value is -3.43. The Morgan fingerprint density at radius 1 is 1.20 bits per heavy atom. The molecule has 3 aromatic rings. The van der Waals surface area contributed by atoms with Gasteiger partial charge in [0.15, 0.2) is 5.82 Å². The zero-order valence-electron chi connectivity index (χ0n) is 16.9. The van der Waals surface area contributed by atoms with Gasteiger partial charge in [-0.2, -0.15) is 5.26 Å². The van der Waals surface area contributed by atoms with E-state index < -0.39 is 5.82 Å². The van der Waals surface area contributed by atoms with Crippen LogP contribution in [-0.2, 0) is 0 Å². The van der Waals surface area contributed by atoms with E-state index in [1.54, 1.807) is 36.7 Å². The van der Waals surface area contributed by atoms with Crippen molar-refractivity contribution in [3.63, 3.8) is 0 Å². The van der Waals surface area contributed by atoms with Crippen molar-refractivity contribution in [2.45, 2.75) is 27.2 Å². The molecule has 152 valence electrons. The number of hydrogen-bond donors (Lipinski definition) is 2. The maximum Gasteiger partial charge on any atom is 0.155 e. The van der Waals surface area contributed by atoms with Crippen LogP contribution in [0.25, 0.3) is 5.70 Å². The highest BCUT2D eigenvalue weighted by Crippen LogP contribution is 2.35. The fourth-order valence-corrected chi connectivity index (χ4v) is 3.18. The molecule has 0 radical (unpaired) electrons. The topological polar surface area (TPSA) is 73.6 Å². The predicted molar refractivity (Wildman–Crippen MR) is 119 cm³/mol. The molecule has 7 heteroatoms. The fourth-order valence-electron chi connectivity index (χ4n) is 2.92. The Kier molecular flexibility index (Phi) is 6.65. The van der Waals surface area contributed by atoms with Crippen molar-refractivity contribution in [2.24, 2.45) is 0 Å². The van der Waals surface area contributed by atoms with Crippen molar-refractivity contribution >= 4 is 34.6 Å². The van der Waals surface area contributed by atoms with Crippen LogP contribution in [0.1, 0.15) is 37.0 Å². The standard InChI is InChI=1S/C23H21ClFN5/c1-4-14(2)21(20-17(24)6-5-7-18(20)25)30-22-15(3)8-10-28-23(22)29-19-12-16(13-26)9-11-27-19/h5-12,30H,4H2,1-3H3,(H,27,28,29)/b21-14+. The lowest BCUT2D eigenvalue weighted by molar-refractivity contribution is 0.624. The van der Waals surface area contributed by atoms with Gasteiger partial charge >= 0.3 is 0 Å². The zero-order chi connectivity index (χ0) is 21.7. The van der Waals surface area contributed by atoms with E-state index in [-0.39, 0.29) is 0 Å². The molecular formula is C23H21ClFN5. The Morgan fingerprint density at radius 3 is 2.67 bits per heavy atom. The second-order valence-corrected chi connectivity index (χ2v) is 7.16. The smallest absolute Gasteiger partial charge is 0.155 e. The molecule has 30 heavy (non-hydrogen) atoms. The maximum absolute atomic E-state index is 14.7. The number of nitrogens with one attached hydrogen (secondary N) is 2. The van der Waals surface area contributed by atoms with Crippen molar-refractivity contribution < 1.29 is 4.39 Å². The third-order valence-electron chi connectivity index (χ3n) is 4.71. The predicted octanol–water partition coefficient (Wildman–Crippen LogP) is 6.45. The van der Waals surface area contributed by atoms with Crippen LogP contribution in [0.3, 0.4) is 0 Å². The van der Waals surface area contributed by atoms with Crippen LogP contribution in [0.2, 0.25) is 5.02 Å². The van der Waals surface area contributed by atoms with Gasteiger partial charge in [-0.3, -0.25) is 0 Å². The van der Waals surface area contributed by atoms with Gasteiger partial charge in [-0.05, 0) is 61.7 Å². The highest BCUT2D eigenvalue weighted by atomic mass is 35.5. The first-order valence-corrected chi connectivity index (χ1v) is 9.82. The van der Waals surface area contributed by atoms with Crippen LogP contribution < -0.4 is 10.6 Å². The third kappa shape index (κ3) is 4.58. The molecule has 0 atom stereocenters. The van der Waals surface area contributed by atoms with E-state index in [1.165, 1.54) is 6.07 Å². The molecule has 0 saturated heterocycles. The minimum Gasteiger partial charge on any atom is -0.352 e. The summed E-state index contributed by atoms with van der Waals surface area (Å²) in [7, 11) is 0. The van der Waals surface area contributed by atoms with Crippen molar-refractivity contribution in [1.29, 1.82) is 5.26 Å². The van der Waals surface area contributed by atoms with Crippen molar-refractivity contribution in [3.8, 4) is 6.07 Å². The van der Waals surface area contributed by atoms with Crippen LogP contribution in [0.5, 0.6) is 0 Å². The number of pyridine rings is 2. The summed E-state index contributed by atoms with van der Waals surface area (Å²) in [5.41, 5.74) is 3.91. The van der Waals surface area contributed by atoms with Gasteiger partial charge in [-0.1, -0.05) is 24.6 Å². The van der Waals surface area contributed by atoms with Crippen LogP contribution in [0, 0.1) is 24.1 Å². The highest BCUT2D eigenvalue weighted by molar-refractivity contribution is 6.32. The van der Waals surface area contributed by atoms with Crippen LogP contribution in [-0.4, -0.2) is 9.97 Å². The van der Waals surface area contributed by atoms with Gasteiger partial charge in [-0.25, -0.2) is 14.4 Å². The Bertz CT molecular complexity index is 1130. The second kappa shape index (κ2) is 9.38. The molecule has 5 nitrogen and oxygen atoms in total. The van der Waals surface area contributed by atoms with E-state index in [0.29, 0.717) is 45.6 Å². The summed E-state index contributed by atoms with van der Waals surface area (Å²) in [6.45, 7) is 5.86. The first kappa shape index (κ1) is 21.3. The Labute approximate surface area is 180 Å². The number of nitriles is 1. The van der Waals surface area contributed by atoms with Crippen molar-refractivity contribution in [3.05, 3.63) is 81.9 Å². The average molecular weight is 422 g/mol. The lowest BCUT2D eigenvalue weighted by Crippen LogP contribution is -2.09. The van der Waals surface area contributed by atoms with E-state index >= 15 is 0 Å². The molecule has 0 fully saturated rings. The number of aromatic nitrogens is 2. The van der Waals surface area contributed by atoms with Gasteiger partial charge in [0, 0.05) is 18.1 Å². The number of hydrogen-bond acceptors (Lipinski definition) is 5. The van der Waals surface area contributed by atoms with Crippen LogP contribution >= 0.6 is 11.6 Å². The molecule has 0 aliphatic carbocycles. The summed E-state index contributed by atoms with van der Waals surface area (Å²) in [6.07, 6.45) is 3.93. The summed E-state index contributed by atoms with van der Waals surface area (Å²) >= 11 is 6.35. The number of aryl methyl sites for hydroxylation is 1. The summed E-state index contributed by atoms with van der Waals surface area (Å²) in [5.74, 6) is 0.584. The van der Waals surface area contributed by atoms with E-state index in [1.807, 2.05) is 26.8 Å². The lowest BCUT2D eigenvalue weighted by atomic mass is 10.0. The van der Waals surface area contributed by atoms with Gasteiger partial charge in [-0.15, -0.1) is 0 Å². The fraction of sp³-hybridized carbons (Fsp3) is 0.174. The van der Waals surface area contributed by atoms with E-state index in [2.05, 4.69) is 26.7 Å². The highest BCUT2D eigenvalue weighted by Gasteiger charge is 2.18. The van der Waals surface area contributed by atoms with Gasteiger partial charge < -0.3 is 10.6 Å². The minimum absolute atomic E-state index is 0.317. The number of benzene rings is 1. The summed E-state index contributed by atoms with van der Waals surface area (Å²) in [4.78, 5) is 8.67. The molecule has 0 saturated carbocycles. The number of allylic oxidation sites excluding steroid dienone is 1. The molecule has 0 aliphatic rings. The van der Waals surface area contributed by atoms with Gasteiger partial charge in [0.2, 0.25) is 0 Å². The molecule has 2 aromatic heterocycles. The van der Waals surface area contributed by atoms with Crippen molar-refractivity contribution in [2.75, 3.05) is 10.6 Å². The third-order valence-corrected chi connectivity index (χ3v) is 5.03. The first-order valence-electron chi connectivity index (χ1n) is 9.44. The van der Waals surface area contributed by atoms with Gasteiger partial charge in [0.05, 0.1) is 27.9 Å². The molecule has 2 heterocycles. The SMILES string of the molecule is CC/C(C)=C(/Nc1c(C)ccnc1Nc1cc(C#N)ccn1)c1c(F)cccc1Cl. The molecule has 2 N–H and O–H groups in total. The summed E-state index contributed by atoms with van der Waals surface area (Å²) < 4.78 is 14.7. The van der Waals surface area contributed by atoms with E-state index in [0.717, 1.165) is 11.1 Å². The Balaban J connectivity index is 2.07. The van der Waals surface area contributed by atoms with Crippen LogP contribution in [0.15, 0.2) is 54.4 Å². The van der Waals surface area contributed by atoms with E-state index in [9.17, 15) is 4.39 Å². The molecule has 3 rings (SSSR count). The molecule has 1 aromatic carbocycles. The Morgan fingerprint density at radius 2 is 1.97 bits per heavy atom. The quantitative estimate of drug-likeness (QED) is 0.478. The number of rotatable bonds is 6. The van der Waals surface area contributed by atoms with Gasteiger partial charge in [0.1, 0.15) is 11.6 Å². The first-order chi connectivity index (χ1) is 14.4. The molecule has 0 amide bonds. The molecule has 0 bridgehead atoms. The average Bonchev–Trinajstić information content (AvgIpc) is 2.74. The molecule has 0 aliphatic heterocycles. The molecule has 0 unspecified atom stereocenters. The molecule has 0 spiro atoms. The number of halogens is 2. The monoisotopic (exact) mass is 421 g/mol. The number of nitrogens with zero attached hydrogens (tertiary/aromatic N) is 3. The largest absolute Gasteiger partial charge is 0.352 e. The summed E-state index contributed by atoms with van der Waals surface area (Å²) in [6, 6.07) is 11.8. The minimum atomic E-state index is -0.405. The normalized spacial score (nSPS) is 11.5. The van der Waals surface area contributed by atoms with E-state index in [4.69, 9.17) is 16.9 Å². The van der Waals surface area contributed by atoms with Crippen molar-refractivity contribution in [1.82, 2.24) is 9.97 Å².